The van der Waals surface area contributed by atoms with E-state index in [9.17, 15) is 13.6 Å². The Balaban J connectivity index is 1.82. The number of fused-ring (bicyclic) bond motifs is 1. The molecule has 0 spiro atoms. The predicted octanol–water partition coefficient (Wildman–Crippen LogP) is 4.29. The Morgan fingerprint density at radius 1 is 1.00 bits per heavy atom. The molecule has 0 aliphatic carbocycles. The molecule has 30 heavy (non-hydrogen) atoms. The van der Waals surface area contributed by atoms with Gasteiger partial charge < -0.3 is 23.8 Å². The van der Waals surface area contributed by atoms with Gasteiger partial charge in [0.05, 0.1) is 20.3 Å². The molecular weight excluding hydrogens is 396 g/mol. The molecule has 8 heteroatoms. The van der Waals surface area contributed by atoms with Crippen molar-refractivity contribution in [3.05, 3.63) is 47.0 Å². The molecule has 3 rings (SSSR count). The predicted molar refractivity (Wildman–Crippen MR) is 107 cm³/mol. The number of hydrogen-bond acceptors (Lipinski definition) is 5. The summed E-state index contributed by atoms with van der Waals surface area (Å²) in [5, 5.41) is 0. The van der Waals surface area contributed by atoms with Crippen LogP contribution in [0.25, 0.3) is 0 Å². The van der Waals surface area contributed by atoms with Crippen LogP contribution in [0.1, 0.15) is 35.3 Å². The molecule has 0 radical (unpaired) electrons. The molecule has 1 amide bonds. The number of hydrogen-bond donors (Lipinski definition) is 0. The number of carbonyl (C=O) groups is 1. The van der Waals surface area contributed by atoms with Crippen LogP contribution in [-0.2, 0) is 13.0 Å². The van der Waals surface area contributed by atoms with Gasteiger partial charge in [0, 0.05) is 18.7 Å². The molecular formula is C22H25F2NO5. The maximum Gasteiger partial charge on any atom is 0.387 e. The fourth-order valence-corrected chi connectivity index (χ4v) is 3.45. The van der Waals surface area contributed by atoms with Crippen LogP contribution in [0.3, 0.4) is 0 Å². The van der Waals surface area contributed by atoms with Crippen molar-refractivity contribution >= 4 is 5.91 Å². The van der Waals surface area contributed by atoms with E-state index in [1.165, 1.54) is 25.3 Å². The average molecular weight is 421 g/mol. The molecule has 0 aromatic heterocycles. The number of methoxy groups -OCH3 is 1. The lowest BCUT2D eigenvalue weighted by Gasteiger charge is -2.30. The van der Waals surface area contributed by atoms with Crippen LogP contribution < -0.4 is 18.9 Å². The number of alkyl halides is 2. The lowest BCUT2D eigenvalue weighted by molar-refractivity contribution is -0.0512. The Bertz CT molecular complexity index is 903. The van der Waals surface area contributed by atoms with E-state index in [1.54, 1.807) is 4.90 Å². The van der Waals surface area contributed by atoms with Crippen molar-refractivity contribution in [1.82, 2.24) is 4.90 Å². The van der Waals surface area contributed by atoms with Crippen LogP contribution in [0.15, 0.2) is 30.3 Å². The molecule has 162 valence electrons. The van der Waals surface area contributed by atoms with Gasteiger partial charge in [-0.05, 0) is 61.7 Å². The SMILES string of the molecule is CCOc1cc2c(cc1OCC)CN(C(=O)c1ccc(OC(F)F)c(OC)c1)CC2. The summed E-state index contributed by atoms with van der Waals surface area (Å²) in [6.45, 7) is 2.84. The fourth-order valence-electron chi connectivity index (χ4n) is 3.45. The topological polar surface area (TPSA) is 57.2 Å². The summed E-state index contributed by atoms with van der Waals surface area (Å²) >= 11 is 0. The summed E-state index contributed by atoms with van der Waals surface area (Å²) in [5.41, 5.74) is 2.45. The maximum atomic E-state index is 13.0. The van der Waals surface area contributed by atoms with Crippen molar-refractivity contribution in [2.75, 3.05) is 26.9 Å². The Morgan fingerprint density at radius 3 is 2.27 bits per heavy atom. The van der Waals surface area contributed by atoms with Gasteiger partial charge in [-0.2, -0.15) is 8.78 Å². The standard InChI is InChI=1S/C22H25F2NO5/c1-4-28-19-10-14-8-9-25(13-16(14)12-20(19)29-5-2)21(26)15-6-7-17(30-22(23)24)18(11-15)27-3/h6-7,10-12,22H,4-5,8-9,13H2,1-3H3. The second-order valence-corrected chi connectivity index (χ2v) is 6.65. The third-order valence-corrected chi connectivity index (χ3v) is 4.79. The third kappa shape index (κ3) is 4.75. The highest BCUT2D eigenvalue weighted by Crippen LogP contribution is 2.35. The zero-order valence-electron chi connectivity index (χ0n) is 17.2. The van der Waals surface area contributed by atoms with Gasteiger partial charge in [0.25, 0.3) is 5.91 Å². The maximum absolute atomic E-state index is 13.0. The van der Waals surface area contributed by atoms with Gasteiger partial charge in [-0.15, -0.1) is 0 Å². The molecule has 0 unspecified atom stereocenters. The van der Waals surface area contributed by atoms with Crippen LogP contribution in [0.4, 0.5) is 8.78 Å². The van der Waals surface area contributed by atoms with E-state index in [-0.39, 0.29) is 17.4 Å². The Kier molecular flexibility index (Phi) is 6.97. The van der Waals surface area contributed by atoms with Crippen LogP contribution in [0, 0.1) is 0 Å². The number of benzene rings is 2. The molecule has 1 heterocycles. The summed E-state index contributed by atoms with van der Waals surface area (Å²) in [6, 6.07) is 8.09. The smallest absolute Gasteiger partial charge is 0.387 e. The minimum atomic E-state index is -2.97. The van der Waals surface area contributed by atoms with Crippen molar-refractivity contribution in [1.29, 1.82) is 0 Å². The molecule has 2 aromatic carbocycles. The van der Waals surface area contributed by atoms with E-state index in [2.05, 4.69) is 4.74 Å². The molecule has 1 aliphatic rings. The second-order valence-electron chi connectivity index (χ2n) is 6.65. The summed E-state index contributed by atoms with van der Waals surface area (Å²) in [5.74, 6) is 1.12. The van der Waals surface area contributed by atoms with E-state index in [0.717, 1.165) is 11.1 Å². The van der Waals surface area contributed by atoms with Crippen LogP contribution in [0.2, 0.25) is 0 Å². The van der Waals surface area contributed by atoms with Gasteiger partial charge in [-0.3, -0.25) is 4.79 Å². The first-order chi connectivity index (χ1) is 14.5. The first-order valence-electron chi connectivity index (χ1n) is 9.80. The molecule has 2 aromatic rings. The first-order valence-corrected chi connectivity index (χ1v) is 9.80. The van der Waals surface area contributed by atoms with Crippen molar-refractivity contribution in [2.24, 2.45) is 0 Å². The lowest BCUT2D eigenvalue weighted by Crippen LogP contribution is -2.36. The third-order valence-electron chi connectivity index (χ3n) is 4.79. The number of carbonyl (C=O) groups excluding carboxylic acids is 1. The Morgan fingerprint density at radius 2 is 1.67 bits per heavy atom. The van der Waals surface area contributed by atoms with E-state index in [1.807, 2.05) is 26.0 Å². The molecule has 1 aliphatic heterocycles. The number of ether oxygens (including phenoxy) is 4. The summed E-state index contributed by atoms with van der Waals surface area (Å²) < 4.78 is 45.9. The minimum Gasteiger partial charge on any atom is -0.493 e. The fraction of sp³-hybridized carbons (Fsp3) is 0.409. The zero-order chi connectivity index (χ0) is 21.7. The molecule has 0 saturated carbocycles. The van der Waals surface area contributed by atoms with Crippen LogP contribution in [0.5, 0.6) is 23.0 Å². The van der Waals surface area contributed by atoms with Crippen LogP contribution >= 0.6 is 0 Å². The summed E-state index contributed by atoms with van der Waals surface area (Å²) in [6.07, 6.45) is 0.678. The van der Waals surface area contributed by atoms with Gasteiger partial charge in [0.15, 0.2) is 23.0 Å². The summed E-state index contributed by atoms with van der Waals surface area (Å²) in [7, 11) is 1.34. The van der Waals surface area contributed by atoms with E-state index in [4.69, 9.17) is 14.2 Å². The molecule has 0 N–H and O–H groups in total. The minimum absolute atomic E-state index is 0.0820. The monoisotopic (exact) mass is 421 g/mol. The van der Waals surface area contributed by atoms with Crippen molar-refractivity contribution in [3.63, 3.8) is 0 Å². The quantitative estimate of drug-likeness (QED) is 0.636. The van der Waals surface area contributed by atoms with Crippen LogP contribution in [-0.4, -0.2) is 44.3 Å². The second kappa shape index (κ2) is 9.65. The highest BCUT2D eigenvalue weighted by Gasteiger charge is 2.25. The normalized spacial score (nSPS) is 13.1. The molecule has 0 saturated heterocycles. The van der Waals surface area contributed by atoms with Gasteiger partial charge in [0.1, 0.15) is 0 Å². The van der Waals surface area contributed by atoms with Gasteiger partial charge in [0.2, 0.25) is 0 Å². The zero-order valence-corrected chi connectivity index (χ0v) is 17.2. The molecule has 0 bridgehead atoms. The van der Waals surface area contributed by atoms with Gasteiger partial charge >= 0.3 is 6.61 Å². The largest absolute Gasteiger partial charge is 0.493 e. The first kappa shape index (κ1) is 21.7. The highest BCUT2D eigenvalue weighted by molar-refractivity contribution is 5.95. The Hall–Kier alpha value is -3.03. The molecule has 6 nitrogen and oxygen atoms in total. The number of nitrogens with zero attached hydrogens (tertiary/aromatic N) is 1. The lowest BCUT2D eigenvalue weighted by atomic mass is 9.98. The number of halogens is 2. The van der Waals surface area contributed by atoms with Gasteiger partial charge in [-0.25, -0.2) is 0 Å². The summed E-state index contributed by atoms with van der Waals surface area (Å²) in [4.78, 5) is 14.7. The molecule has 0 fully saturated rings. The van der Waals surface area contributed by atoms with Gasteiger partial charge in [-0.1, -0.05) is 0 Å². The van der Waals surface area contributed by atoms with Crippen molar-refractivity contribution in [3.8, 4) is 23.0 Å². The van der Waals surface area contributed by atoms with Crippen molar-refractivity contribution in [2.45, 2.75) is 33.4 Å². The van der Waals surface area contributed by atoms with Crippen molar-refractivity contribution < 1.29 is 32.5 Å². The van der Waals surface area contributed by atoms with E-state index < -0.39 is 6.61 Å². The number of amides is 1. The number of rotatable bonds is 8. The van der Waals surface area contributed by atoms with E-state index in [0.29, 0.717) is 49.8 Å². The molecule has 0 atom stereocenters. The van der Waals surface area contributed by atoms with E-state index >= 15 is 0 Å². The Labute approximate surface area is 174 Å². The average Bonchev–Trinajstić information content (AvgIpc) is 2.73. The highest BCUT2D eigenvalue weighted by atomic mass is 19.3.